The highest BCUT2D eigenvalue weighted by molar-refractivity contribution is 5.48. The van der Waals surface area contributed by atoms with Gasteiger partial charge in [0.2, 0.25) is 0 Å². The minimum absolute atomic E-state index is 0.516. The molecule has 1 aromatic heterocycles. The van der Waals surface area contributed by atoms with Gasteiger partial charge in [-0.3, -0.25) is 0 Å². The van der Waals surface area contributed by atoms with Gasteiger partial charge in [-0.15, -0.1) is 0 Å². The Morgan fingerprint density at radius 2 is 2.17 bits per heavy atom. The molecule has 1 aliphatic rings. The minimum atomic E-state index is -0.575. The number of aromatic nitrogens is 1. The highest BCUT2D eigenvalue weighted by Gasteiger charge is 2.26. The summed E-state index contributed by atoms with van der Waals surface area (Å²) in [5.74, 6) is 0.852. The van der Waals surface area contributed by atoms with E-state index in [9.17, 15) is 10.2 Å². The van der Waals surface area contributed by atoms with Crippen molar-refractivity contribution in [1.29, 1.82) is 0 Å². The first kappa shape index (κ1) is 13.3. The maximum absolute atomic E-state index is 10.1. The van der Waals surface area contributed by atoms with E-state index in [1.807, 2.05) is 19.1 Å². The van der Waals surface area contributed by atoms with Crippen LogP contribution in [0.4, 0.5) is 5.82 Å². The van der Waals surface area contributed by atoms with Crippen molar-refractivity contribution in [3.63, 3.8) is 0 Å². The van der Waals surface area contributed by atoms with Crippen LogP contribution in [0.2, 0.25) is 0 Å². The highest BCUT2D eigenvalue weighted by atomic mass is 16.3. The highest BCUT2D eigenvalue weighted by Crippen LogP contribution is 2.28. The van der Waals surface area contributed by atoms with E-state index in [0.717, 1.165) is 43.7 Å². The molecule has 1 aromatic rings. The lowest BCUT2D eigenvalue weighted by molar-refractivity contribution is 0.0481. The lowest BCUT2D eigenvalue weighted by Gasteiger charge is -2.25. The van der Waals surface area contributed by atoms with E-state index in [1.165, 1.54) is 0 Å². The summed E-state index contributed by atoms with van der Waals surface area (Å²) in [6.45, 7) is 5.32. The van der Waals surface area contributed by atoms with E-state index in [0.29, 0.717) is 0 Å². The lowest BCUT2D eigenvalue weighted by atomic mass is 9.98. The molecule has 2 rings (SSSR count). The average molecular weight is 250 g/mol. The van der Waals surface area contributed by atoms with Crippen molar-refractivity contribution >= 4 is 5.82 Å². The third kappa shape index (κ3) is 3.00. The molecule has 0 aromatic carbocycles. The Morgan fingerprint density at radius 1 is 1.39 bits per heavy atom. The molecule has 2 heterocycles. The molecule has 2 atom stereocenters. The van der Waals surface area contributed by atoms with Crippen LogP contribution in [-0.4, -0.2) is 33.9 Å². The normalized spacial score (nSPS) is 26.8. The number of hydrogen-bond donors (Lipinski definition) is 2. The van der Waals surface area contributed by atoms with Crippen LogP contribution < -0.4 is 4.90 Å². The van der Waals surface area contributed by atoms with Gasteiger partial charge in [-0.1, -0.05) is 6.07 Å². The third-order valence-corrected chi connectivity index (χ3v) is 3.63. The van der Waals surface area contributed by atoms with Crippen LogP contribution in [0.15, 0.2) is 18.3 Å². The van der Waals surface area contributed by atoms with Crippen molar-refractivity contribution in [3.05, 3.63) is 23.9 Å². The second kappa shape index (κ2) is 5.24. The van der Waals surface area contributed by atoms with Crippen molar-refractivity contribution in [2.24, 2.45) is 0 Å². The molecule has 100 valence electrons. The van der Waals surface area contributed by atoms with Crippen LogP contribution >= 0.6 is 0 Å². The van der Waals surface area contributed by atoms with Crippen molar-refractivity contribution in [3.8, 4) is 0 Å². The summed E-state index contributed by atoms with van der Waals surface area (Å²) in [6, 6.07) is 3.76. The summed E-state index contributed by atoms with van der Waals surface area (Å²) in [5.41, 5.74) is 0.285. The molecule has 0 bridgehead atoms. The molecular formula is C14H22N2O2. The zero-order valence-electron chi connectivity index (χ0n) is 11.1. The predicted molar refractivity (Wildman–Crippen MR) is 71.6 cm³/mol. The van der Waals surface area contributed by atoms with Crippen molar-refractivity contribution in [2.75, 3.05) is 18.0 Å². The van der Waals surface area contributed by atoms with Gasteiger partial charge in [-0.05, 0) is 39.2 Å². The molecule has 1 aliphatic heterocycles. The van der Waals surface area contributed by atoms with Crippen LogP contribution in [-0.2, 0) is 0 Å². The Morgan fingerprint density at radius 3 is 2.89 bits per heavy atom. The maximum atomic E-state index is 10.1. The van der Waals surface area contributed by atoms with Crippen LogP contribution in [0.5, 0.6) is 0 Å². The number of anilines is 1. The van der Waals surface area contributed by atoms with Crippen LogP contribution in [0.3, 0.4) is 0 Å². The third-order valence-electron chi connectivity index (χ3n) is 3.63. The first-order valence-electron chi connectivity index (χ1n) is 6.60. The van der Waals surface area contributed by atoms with Gasteiger partial charge in [0.25, 0.3) is 0 Å². The quantitative estimate of drug-likeness (QED) is 0.841. The number of pyridine rings is 1. The van der Waals surface area contributed by atoms with Crippen LogP contribution in [0, 0.1) is 0 Å². The van der Waals surface area contributed by atoms with Gasteiger partial charge >= 0.3 is 0 Å². The lowest BCUT2D eigenvalue weighted by Crippen LogP contribution is -2.29. The van der Waals surface area contributed by atoms with Gasteiger partial charge in [0.05, 0.1) is 11.7 Å². The van der Waals surface area contributed by atoms with Crippen molar-refractivity contribution < 1.29 is 10.2 Å². The van der Waals surface area contributed by atoms with Gasteiger partial charge in [0.15, 0.2) is 0 Å². The van der Waals surface area contributed by atoms with Gasteiger partial charge in [-0.25, -0.2) is 4.98 Å². The Balaban J connectivity index is 2.21. The van der Waals surface area contributed by atoms with Crippen molar-refractivity contribution in [1.82, 2.24) is 4.98 Å². The summed E-state index contributed by atoms with van der Waals surface area (Å²) in [7, 11) is 0. The maximum Gasteiger partial charge on any atom is 0.134 e. The number of aliphatic hydroxyl groups is 2. The van der Waals surface area contributed by atoms with E-state index in [2.05, 4.69) is 9.88 Å². The molecule has 0 spiro atoms. The largest absolute Gasteiger partial charge is 0.390 e. The minimum Gasteiger partial charge on any atom is -0.390 e. The number of aliphatic hydroxyl groups excluding tert-OH is 1. The number of nitrogens with zero attached hydrogens (tertiary/aromatic N) is 2. The van der Waals surface area contributed by atoms with E-state index in [1.54, 1.807) is 13.1 Å². The van der Waals surface area contributed by atoms with Gasteiger partial charge in [0, 0.05) is 24.8 Å². The molecule has 2 N–H and O–H groups in total. The van der Waals surface area contributed by atoms with E-state index in [4.69, 9.17) is 0 Å². The molecule has 0 saturated carbocycles. The topological polar surface area (TPSA) is 56.6 Å². The van der Waals surface area contributed by atoms with Crippen molar-refractivity contribution in [2.45, 2.75) is 44.8 Å². The molecule has 1 unspecified atom stereocenters. The molecule has 1 fully saturated rings. The number of hydrogen-bond acceptors (Lipinski definition) is 4. The molecule has 4 nitrogen and oxygen atoms in total. The van der Waals surface area contributed by atoms with Gasteiger partial charge < -0.3 is 15.1 Å². The summed E-state index contributed by atoms with van der Waals surface area (Å²) >= 11 is 0. The zero-order valence-corrected chi connectivity index (χ0v) is 11.1. The second-order valence-electron chi connectivity index (χ2n) is 5.43. The second-order valence-corrected chi connectivity index (χ2v) is 5.43. The smallest absolute Gasteiger partial charge is 0.134 e. The van der Waals surface area contributed by atoms with E-state index < -0.39 is 11.7 Å². The SMILES string of the molecule is C[C@@H](O)c1cccnc1N1CCCC(C)(O)CC1. The molecule has 0 aliphatic carbocycles. The monoisotopic (exact) mass is 250 g/mol. The first-order valence-corrected chi connectivity index (χ1v) is 6.60. The van der Waals surface area contributed by atoms with Gasteiger partial charge in [-0.2, -0.15) is 0 Å². The Bertz CT molecular complexity index is 405. The fourth-order valence-electron chi connectivity index (χ4n) is 2.47. The summed E-state index contributed by atoms with van der Waals surface area (Å²) in [4.78, 5) is 6.57. The average Bonchev–Trinajstić information content (AvgIpc) is 2.50. The first-order chi connectivity index (χ1) is 8.49. The molecule has 1 saturated heterocycles. The standard InChI is InChI=1S/C14H22N2O2/c1-11(17)12-5-3-8-15-13(12)16-9-4-6-14(2,18)7-10-16/h3,5,8,11,17-18H,4,6-7,9-10H2,1-2H3/t11-,14?/m1/s1. The molecule has 18 heavy (non-hydrogen) atoms. The van der Waals surface area contributed by atoms with Gasteiger partial charge in [0.1, 0.15) is 5.82 Å². The Kier molecular flexibility index (Phi) is 3.88. The summed E-state index contributed by atoms with van der Waals surface area (Å²) in [6.07, 6.45) is 3.74. The summed E-state index contributed by atoms with van der Waals surface area (Å²) < 4.78 is 0. The zero-order chi connectivity index (χ0) is 13.2. The number of rotatable bonds is 2. The van der Waals surface area contributed by atoms with E-state index >= 15 is 0 Å². The fraction of sp³-hybridized carbons (Fsp3) is 0.643. The molecular weight excluding hydrogens is 228 g/mol. The van der Waals surface area contributed by atoms with Crippen LogP contribution in [0.1, 0.15) is 44.8 Å². The molecule has 4 heteroatoms. The van der Waals surface area contributed by atoms with E-state index in [-0.39, 0.29) is 0 Å². The van der Waals surface area contributed by atoms with Crippen LogP contribution in [0.25, 0.3) is 0 Å². The molecule has 0 amide bonds. The summed E-state index contributed by atoms with van der Waals surface area (Å²) in [5, 5.41) is 19.9. The fourth-order valence-corrected chi connectivity index (χ4v) is 2.47. The predicted octanol–water partition coefficient (Wildman–Crippen LogP) is 1.88. The molecule has 0 radical (unpaired) electrons. The Hall–Kier alpha value is -1.13. The Labute approximate surface area is 108 Å².